The van der Waals surface area contributed by atoms with Crippen molar-refractivity contribution in [2.45, 2.75) is 18.6 Å². The summed E-state index contributed by atoms with van der Waals surface area (Å²) in [6.07, 6.45) is 1.49. The van der Waals surface area contributed by atoms with Crippen molar-refractivity contribution >= 4 is 5.69 Å². The number of nitrogens with zero attached hydrogens (tertiary/aromatic N) is 2. The number of piperidine rings is 1. The molecule has 2 aliphatic rings. The quantitative estimate of drug-likeness (QED) is 0.777. The van der Waals surface area contributed by atoms with Crippen LogP contribution in [0.15, 0.2) is 18.2 Å². The summed E-state index contributed by atoms with van der Waals surface area (Å²) in [7, 11) is 0. The third-order valence-electron chi connectivity index (χ3n) is 3.78. The van der Waals surface area contributed by atoms with Gasteiger partial charge in [-0.3, -0.25) is 0 Å². The molecule has 0 aromatic heterocycles. The molecule has 0 unspecified atom stereocenters. The molecule has 0 bridgehead atoms. The summed E-state index contributed by atoms with van der Waals surface area (Å²) in [5.74, 6) is -0.912. The van der Waals surface area contributed by atoms with E-state index in [1.807, 2.05) is 11.0 Å². The minimum atomic E-state index is -0.464. The topological polar surface area (TPSA) is 45.5 Å². The van der Waals surface area contributed by atoms with Crippen molar-refractivity contribution < 1.29 is 13.9 Å². The first-order chi connectivity index (χ1) is 9.24. The highest BCUT2D eigenvalue weighted by Crippen LogP contribution is 2.34. The van der Waals surface area contributed by atoms with Crippen LogP contribution in [0.2, 0.25) is 0 Å². The number of benzene rings is 1. The molecule has 5 heteroatoms. The van der Waals surface area contributed by atoms with Crippen LogP contribution in [0.5, 0.6) is 0 Å². The van der Waals surface area contributed by atoms with Gasteiger partial charge < -0.3 is 14.4 Å². The van der Waals surface area contributed by atoms with Gasteiger partial charge in [0, 0.05) is 25.9 Å². The van der Waals surface area contributed by atoms with E-state index >= 15 is 0 Å². The largest absolute Gasteiger partial charge is 0.370 e. The molecule has 0 saturated carbocycles. The Hall–Kier alpha value is -1.64. The monoisotopic (exact) mass is 262 g/mol. The minimum absolute atomic E-state index is 0.117. The zero-order valence-corrected chi connectivity index (χ0v) is 10.6. The molecule has 19 heavy (non-hydrogen) atoms. The second kappa shape index (κ2) is 4.80. The van der Waals surface area contributed by atoms with Crippen LogP contribution < -0.4 is 4.90 Å². The molecule has 1 aromatic rings. The van der Waals surface area contributed by atoms with Crippen LogP contribution in [0, 0.1) is 17.1 Å². The first-order valence-electron chi connectivity index (χ1n) is 6.46. The van der Waals surface area contributed by atoms with Crippen LogP contribution in [-0.4, -0.2) is 32.1 Å². The molecule has 2 heterocycles. The average Bonchev–Trinajstić information content (AvgIpc) is 2.88. The summed E-state index contributed by atoms with van der Waals surface area (Å²) in [6, 6.07) is 6.68. The molecular weight excluding hydrogens is 247 g/mol. The summed E-state index contributed by atoms with van der Waals surface area (Å²) in [6.45, 7) is 2.70. The normalized spacial score (nSPS) is 21.6. The van der Waals surface area contributed by atoms with Gasteiger partial charge in [-0.2, -0.15) is 5.26 Å². The summed E-state index contributed by atoms with van der Waals surface area (Å²) in [5, 5.41) is 9.07. The number of hydrogen-bond acceptors (Lipinski definition) is 4. The highest BCUT2D eigenvalue weighted by atomic mass is 19.1. The molecule has 0 radical (unpaired) electrons. The SMILES string of the molecule is N#Cc1c(F)cccc1N1CCC2(CC1)OCCO2. The van der Waals surface area contributed by atoms with Crippen molar-refractivity contribution in [1.29, 1.82) is 5.26 Å². The zero-order valence-electron chi connectivity index (χ0n) is 10.6. The molecule has 0 aliphatic carbocycles. The number of hydrogen-bond donors (Lipinski definition) is 0. The summed E-state index contributed by atoms with van der Waals surface area (Å²) in [5.41, 5.74) is 0.780. The highest BCUT2D eigenvalue weighted by molar-refractivity contribution is 5.60. The first kappa shape index (κ1) is 12.4. The minimum Gasteiger partial charge on any atom is -0.370 e. The van der Waals surface area contributed by atoms with E-state index in [4.69, 9.17) is 14.7 Å². The molecular formula is C14H15FN2O2. The van der Waals surface area contributed by atoms with E-state index < -0.39 is 11.6 Å². The Morgan fingerprint density at radius 2 is 1.89 bits per heavy atom. The lowest BCUT2D eigenvalue weighted by Crippen LogP contribution is -2.45. The van der Waals surface area contributed by atoms with Crippen LogP contribution in [0.1, 0.15) is 18.4 Å². The fourth-order valence-corrected chi connectivity index (χ4v) is 2.76. The van der Waals surface area contributed by atoms with Crippen LogP contribution in [-0.2, 0) is 9.47 Å². The Bertz CT molecular complexity index is 511. The third kappa shape index (κ3) is 2.18. The van der Waals surface area contributed by atoms with Gasteiger partial charge in [-0.15, -0.1) is 0 Å². The number of nitriles is 1. The lowest BCUT2D eigenvalue weighted by molar-refractivity contribution is -0.169. The Morgan fingerprint density at radius 1 is 1.21 bits per heavy atom. The molecule has 0 atom stereocenters. The van der Waals surface area contributed by atoms with Gasteiger partial charge in [-0.1, -0.05) is 6.07 Å². The van der Waals surface area contributed by atoms with E-state index in [9.17, 15) is 4.39 Å². The summed E-state index contributed by atoms with van der Waals surface area (Å²) < 4.78 is 24.9. The Labute approximate surface area is 111 Å². The number of anilines is 1. The van der Waals surface area contributed by atoms with Gasteiger partial charge >= 0.3 is 0 Å². The lowest BCUT2D eigenvalue weighted by atomic mass is 10.0. The molecule has 1 spiro atoms. The smallest absolute Gasteiger partial charge is 0.171 e. The molecule has 2 saturated heterocycles. The third-order valence-corrected chi connectivity index (χ3v) is 3.78. The second-order valence-corrected chi connectivity index (χ2v) is 4.84. The Kier molecular flexibility index (Phi) is 3.13. The van der Waals surface area contributed by atoms with Crippen molar-refractivity contribution in [3.63, 3.8) is 0 Å². The van der Waals surface area contributed by atoms with Crippen LogP contribution in [0.25, 0.3) is 0 Å². The maximum Gasteiger partial charge on any atom is 0.171 e. The number of rotatable bonds is 1. The van der Waals surface area contributed by atoms with Gasteiger partial charge in [0.2, 0.25) is 0 Å². The van der Waals surface area contributed by atoms with Crippen molar-refractivity contribution in [1.82, 2.24) is 0 Å². The fourth-order valence-electron chi connectivity index (χ4n) is 2.76. The first-order valence-corrected chi connectivity index (χ1v) is 6.46. The number of ether oxygens (including phenoxy) is 2. The molecule has 2 fully saturated rings. The number of halogens is 1. The molecule has 2 aliphatic heterocycles. The van der Waals surface area contributed by atoms with E-state index in [0.29, 0.717) is 32.0 Å². The molecule has 4 nitrogen and oxygen atoms in total. The van der Waals surface area contributed by atoms with Crippen molar-refractivity contribution in [2.24, 2.45) is 0 Å². The predicted octanol–water partition coefficient (Wildman–Crippen LogP) is 2.04. The van der Waals surface area contributed by atoms with E-state index in [1.54, 1.807) is 12.1 Å². The van der Waals surface area contributed by atoms with E-state index in [2.05, 4.69) is 0 Å². The highest BCUT2D eigenvalue weighted by Gasteiger charge is 2.40. The average molecular weight is 262 g/mol. The van der Waals surface area contributed by atoms with E-state index in [1.165, 1.54) is 6.07 Å². The van der Waals surface area contributed by atoms with Gasteiger partial charge in [0.1, 0.15) is 17.4 Å². The summed E-state index contributed by atoms with van der Waals surface area (Å²) in [4.78, 5) is 2.03. The second-order valence-electron chi connectivity index (χ2n) is 4.84. The van der Waals surface area contributed by atoms with Gasteiger partial charge in [0.05, 0.1) is 18.9 Å². The van der Waals surface area contributed by atoms with Crippen LogP contribution >= 0.6 is 0 Å². The molecule has 0 N–H and O–H groups in total. The van der Waals surface area contributed by atoms with Crippen LogP contribution in [0.3, 0.4) is 0 Å². The van der Waals surface area contributed by atoms with Crippen molar-refractivity contribution in [3.05, 3.63) is 29.6 Å². The Morgan fingerprint density at radius 3 is 2.53 bits per heavy atom. The fraction of sp³-hybridized carbons (Fsp3) is 0.500. The van der Waals surface area contributed by atoms with E-state index in [-0.39, 0.29) is 5.56 Å². The van der Waals surface area contributed by atoms with Gasteiger partial charge in [-0.25, -0.2) is 4.39 Å². The maximum absolute atomic E-state index is 13.6. The standard InChI is InChI=1S/C14H15FN2O2/c15-12-2-1-3-13(11(12)10-16)17-6-4-14(5-7-17)18-8-9-19-14/h1-3H,4-9H2. The van der Waals surface area contributed by atoms with Crippen molar-refractivity contribution in [3.8, 4) is 6.07 Å². The van der Waals surface area contributed by atoms with Gasteiger partial charge in [0.25, 0.3) is 0 Å². The predicted molar refractivity (Wildman–Crippen MR) is 67.2 cm³/mol. The summed E-state index contributed by atoms with van der Waals surface area (Å²) >= 11 is 0. The lowest BCUT2D eigenvalue weighted by Gasteiger charge is -2.38. The van der Waals surface area contributed by atoms with Gasteiger partial charge in [-0.05, 0) is 12.1 Å². The molecule has 100 valence electrons. The molecule has 1 aromatic carbocycles. The zero-order chi connectivity index (χ0) is 13.3. The molecule has 3 rings (SSSR count). The Balaban J connectivity index is 1.79. The van der Waals surface area contributed by atoms with Crippen molar-refractivity contribution in [2.75, 3.05) is 31.2 Å². The maximum atomic E-state index is 13.6. The van der Waals surface area contributed by atoms with Crippen LogP contribution in [0.4, 0.5) is 10.1 Å². The van der Waals surface area contributed by atoms with Gasteiger partial charge in [0.15, 0.2) is 5.79 Å². The van der Waals surface area contributed by atoms with E-state index in [0.717, 1.165) is 12.8 Å². The molecule has 0 amide bonds.